The lowest BCUT2D eigenvalue weighted by Crippen LogP contribution is -2.47. The normalized spacial score (nSPS) is 12.2. The van der Waals surface area contributed by atoms with Crippen molar-refractivity contribution >= 4 is 21.9 Å². The molecule has 0 aliphatic carbocycles. The topological polar surface area (TPSA) is 106 Å². The SMILES string of the molecule is CC(C)COc1ccc2oc3cc(CCC(N)(CO)CO)ccc3c(=O)c2c1. The van der Waals surface area contributed by atoms with Crippen molar-refractivity contribution in [1.29, 1.82) is 0 Å². The fourth-order valence-corrected chi connectivity index (χ4v) is 2.99. The molecule has 0 radical (unpaired) electrons. The highest BCUT2D eigenvalue weighted by molar-refractivity contribution is 5.90. The van der Waals surface area contributed by atoms with Crippen LogP contribution in [0.15, 0.2) is 45.6 Å². The molecular weight excluding hydrogens is 358 g/mol. The molecule has 0 atom stereocenters. The fourth-order valence-electron chi connectivity index (χ4n) is 2.99. The Labute approximate surface area is 163 Å². The third kappa shape index (κ3) is 4.35. The third-order valence-corrected chi connectivity index (χ3v) is 4.83. The molecule has 3 aromatic rings. The summed E-state index contributed by atoms with van der Waals surface area (Å²) in [6, 6.07) is 10.7. The molecule has 0 saturated carbocycles. The van der Waals surface area contributed by atoms with Crippen LogP contribution in [0, 0.1) is 5.92 Å². The monoisotopic (exact) mass is 385 g/mol. The number of hydrogen-bond acceptors (Lipinski definition) is 6. The number of aliphatic hydroxyl groups excluding tert-OH is 2. The predicted molar refractivity (Wildman–Crippen MR) is 110 cm³/mol. The molecule has 6 heteroatoms. The summed E-state index contributed by atoms with van der Waals surface area (Å²) in [4.78, 5) is 12.9. The first kappa shape index (κ1) is 20.3. The van der Waals surface area contributed by atoms with Gasteiger partial charge in [0.05, 0.1) is 36.1 Å². The van der Waals surface area contributed by atoms with Gasteiger partial charge in [0.25, 0.3) is 0 Å². The minimum absolute atomic E-state index is 0.100. The Morgan fingerprint density at radius 3 is 2.50 bits per heavy atom. The van der Waals surface area contributed by atoms with Crippen LogP contribution in [0.2, 0.25) is 0 Å². The number of rotatable bonds is 8. The molecule has 6 nitrogen and oxygen atoms in total. The van der Waals surface area contributed by atoms with Crippen molar-refractivity contribution in [3.8, 4) is 5.75 Å². The maximum Gasteiger partial charge on any atom is 0.200 e. The van der Waals surface area contributed by atoms with Gasteiger partial charge in [-0.3, -0.25) is 4.79 Å². The highest BCUT2D eigenvalue weighted by Crippen LogP contribution is 2.24. The summed E-state index contributed by atoms with van der Waals surface area (Å²) in [5.74, 6) is 1.04. The summed E-state index contributed by atoms with van der Waals surface area (Å²) in [6.07, 6.45) is 0.969. The van der Waals surface area contributed by atoms with Crippen molar-refractivity contribution in [3.05, 3.63) is 52.2 Å². The van der Waals surface area contributed by atoms with Crippen LogP contribution in [0.3, 0.4) is 0 Å². The molecule has 1 heterocycles. The van der Waals surface area contributed by atoms with E-state index in [-0.39, 0.29) is 18.6 Å². The van der Waals surface area contributed by atoms with Crippen LogP contribution in [0.25, 0.3) is 21.9 Å². The summed E-state index contributed by atoms with van der Waals surface area (Å²) in [6.45, 7) is 4.13. The lowest BCUT2D eigenvalue weighted by atomic mass is 9.93. The lowest BCUT2D eigenvalue weighted by molar-refractivity contribution is 0.115. The van der Waals surface area contributed by atoms with E-state index < -0.39 is 5.54 Å². The van der Waals surface area contributed by atoms with E-state index in [1.165, 1.54) is 0 Å². The molecule has 3 rings (SSSR count). The van der Waals surface area contributed by atoms with Gasteiger partial charge in [-0.05, 0) is 54.7 Å². The molecule has 1 aromatic heterocycles. The van der Waals surface area contributed by atoms with E-state index in [2.05, 4.69) is 13.8 Å². The van der Waals surface area contributed by atoms with E-state index in [4.69, 9.17) is 14.9 Å². The Kier molecular flexibility index (Phi) is 6.03. The van der Waals surface area contributed by atoms with Gasteiger partial charge in [-0.15, -0.1) is 0 Å². The summed E-state index contributed by atoms with van der Waals surface area (Å²) in [7, 11) is 0. The number of nitrogens with two attached hydrogens (primary N) is 1. The largest absolute Gasteiger partial charge is 0.493 e. The summed E-state index contributed by atoms with van der Waals surface area (Å²) in [5, 5.41) is 19.6. The molecule has 0 unspecified atom stereocenters. The first-order valence-corrected chi connectivity index (χ1v) is 9.48. The number of benzene rings is 2. The molecule has 150 valence electrons. The molecule has 0 aliphatic rings. The second-order valence-electron chi connectivity index (χ2n) is 7.80. The Hall–Kier alpha value is -2.41. The zero-order chi connectivity index (χ0) is 20.3. The maximum atomic E-state index is 12.9. The molecule has 0 fully saturated rings. The number of aliphatic hydroxyl groups is 2. The van der Waals surface area contributed by atoms with E-state index in [0.717, 1.165) is 5.56 Å². The van der Waals surface area contributed by atoms with Crippen molar-refractivity contribution in [2.75, 3.05) is 19.8 Å². The van der Waals surface area contributed by atoms with Crippen LogP contribution in [0.5, 0.6) is 5.75 Å². The maximum absolute atomic E-state index is 12.9. The van der Waals surface area contributed by atoms with E-state index in [9.17, 15) is 15.0 Å². The molecule has 0 saturated heterocycles. The highest BCUT2D eigenvalue weighted by atomic mass is 16.5. The smallest absolute Gasteiger partial charge is 0.200 e. The van der Waals surface area contributed by atoms with Crippen LogP contribution in [-0.4, -0.2) is 35.6 Å². The standard InChI is InChI=1S/C22H27NO5/c1-14(2)11-27-16-4-6-19-18(10-16)21(26)17-5-3-15(9-20(17)28-19)7-8-22(23,12-24)13-25/h3-6,9-10,14,24-25H,7-8,11-13,23H2,1-2H3. The van der Waals surface area contributed by atoms with Gasteiger partial charge in [0.15, 0.2) is 0 Å². The molecule has 0 aliphatic heterocycles. The third-order valence-electron chi connectivity index (χ3n) is 4.83. The lowest BCUT2D eigenvalue weighted by Gasteiger charge is -2.24. The predicted octanol–water partition coefficient (Wildman–Crippen LogP) is 2.60. The number of ether oxygens (including phenoxy) is 1. The van der Waals surface area contributed by atoms with Crippen molar-refractivity contribution in [1.82, 2.24) is 0 Å². The minimum atomic E-state index is -1.02. The number of fused-ring (bicyclic) bond motifs is 2. The van der Waals surface area contributed by atoms with Crippen molar-refractivity contribution in [2.45, 2.75) is 32.2 Å². The van der Waals surface area contributed by atoms with Crippen molar-refractivity contribution in [3.63, 3.8) is 0 Å². The van der Waals surface area contributed by atoms with Gasteiger partial charge in [-0.2, -0.15) is 0 Å². The zero-order valence-electron chi connectivity index (χ0n) is 16.3. The Morgan fingerprint density at radius 1 is 1.07 bits per heavy atom. The average Bonchev–Trinajstić information content (AvgIpc) is 2.70. The van der Waals surface area contributed by atoms with Gasteiger partial charge < -0.3 is 25.1 Å². The van der Waals surface area contributed by atoms with E-state index in [0.29, 0.717) is 53.1 Å². The van der Waals surface area contributed by atoms with Crippen molar-refractivity contribution in [2.24, 2.45) is 11.7 Å². The van der Waals surface area contributed by atoms with Crippen LogP contribution >= 0.6 is 0 Å². The molecule has 0 spiro atoms. The highest BCUT2D eigenvalue weighted by Gasteiger charge is 2.22. The second-order valence-corrected chi connectivity index (χ2v) is 7.80. The summed E-state index contributed by atoms with van der Waals surface area (Å²) < 4.78 is 11.7. The van der Waals surface area contributed by atoms with E-state index in [1.807, 2.05) is 12.1 Å². The van der Waals surface area contributed by atoms with Crippen LogP contribution in [0.4, 0.5) is 0 Å². The van der Waals surface area contributed by atoms with Crippen molar-refractivity contribution < 1.29 is 19.4 Å². The molecular formula is C22H27NO5. The summed E-state index contributed by atoms with van der Waals surface area (Å²) >= 11 is 0. The second kappa shape index (κ2) is 8.31. The Morgan fingerprint density at radius 2 is 1.82 bits per heavy atom. The average molecular weight is 385 g/mol. The first-order valence-electron chi connectivity index (χ1n) is 9.48. The molecule has 2 aromatic carbocycles. The Bertz CT molecular complexity index is 1020. The molecule has 0 bridgehead atoms. The van der Waals surface area contributed by atoms with Crippen LogP contribution in [0.1, 0.15) is 25.8 Å². The first-order chi connectivity index (χ1) is 13.3. The van der Waals surface area contributed by atoms with Gasteiger partial charge in [0.1, 0.15) is 16.9 Å². The van der Waals surface area contributed by atoms with E-state index >= 15 is 0 Å². The van der Waals surface area contributed by atoms with Crippen LogP contribution < -0.4 is 15.9 Å². The van der Waals surface area contributed by atoms with Gasteiger partial charge in [0, 0.05) is 0 Å². The van der Waals surface area contributed by atoms with E-state index in [1.54, 1.807) is 24.3 Å². The summed E-state index contributed by atoms with van der Waals surface area (Å²) in [5.41, 5.74) is 6.73. The Balaban J connectivity index is 1.93. The molecule has 0 amide bonds. The number of hydrogen-bond donors (Lipinski definition) is 3. The quantitative estimate of drug-likeness (QED) is 0.515. The van der Waals surface area contributed by atoms with Gasteiger partial charge in [0.2, 0.25) is 5.43 Å². The fraction of sp³-hybridized carbons (Fsp3) is 0.409. The van der Waals surface area contributed by atoms with Gasteiger partial charge in [-0.25, -0.2) is 0 Å². The zero-order valence-corrected chi connectivity index (χ0v) is 16.3. The molecule has 4 N–H and O–H groups in total. The van der Waals surface area contributed by atoms with Gasteiger partial charge >= 0.3 is 0 Å². The molecule has 28 heavy (non-hydrogen) atoms. The van der Waals surface area contributed by atoms with Crippen LogP contribution in [-0.2, 0) is 6.42 Å². The van der Waals surface area contributed by atoms with Gasteiger partial charge in [-0.1, -0.05) is 19.9 Å². The minimum Gasteiger partial charge on any atom is -0.493 e. The number of aryl methyl sites for hydroxylation is 1.